The molecule has 0 spiro atoms. The highest BCUT2D eigenvalue weighted by Crippen LogP contribution is 2.40. The second-order valence-corrected chi connectivity index (χ2v) is 7.59. The number of aromatic nitrogens is 3. The third-order valence-electron chi connectivity index (χ3n) is 4.91. The fourth-order valence-electron chi connectivity index (χ4n) is 3.36. The number of ether oxygens (including phenoxy) is 1. The van der Waals surface area contributed by atoms with Crippen molar-refractivity contribution in [1.82, 2.24) is 14.3 Å². The van der Waals surface area contributed by atoms with Gasteiger partial charge in [0.2, 0.25) is 4.77 Å². The molecule has 0 radical (unpaired) electrons. The summed E-state index contributed by atoms with van der Waals surface area (Å²) in [5, 5.41) is 4.89. The van der Waals surface area contributed by atoms with Crippen LogP contribution in [-0.2, 0) is 13.2 Å². The van der Waals surface area contributed by atoms with E-state index in [1.807, 2.05) is 35.0 Å². The van der Waals surface area contributed by atoms with E-state index in [9.17, 15) is 0 Å². The standard InChI is InChI=1S/C21H24N4OS/c1-23(14-16-8-12-19(26-2)13-9-16)15-24-21(27)25(18-6-4-3-5-7-18)20(22-24)17-10-11-17/h3-9,12-13,17H,10-11,14-15H2,1-2H3/p+1. The van der Waals surface area contributed by atoms with Gasteiger partial charge in [-0.3, -0.25) is 4.57 Å². The van der Waals surface area contributed by atoms with Crippen molar-refractivity contribution in [2.75, 3.05) is 14.2 Å². The Bertz CT molecular complexity index is 958. The average Bonchev–Trinajstić information content (AvgIpc) is 3.48. The Hall–Kier alpha value is -2.44. The normalized spacial score (nSPS) is 14.9. The van der Waals surface area contributed by atoms with Gasteiger partial charge in [-0.1, -0.05) is 18.2 Å². The minimum atomic E-state index is 0.537. The maximum atomic E-state index is 5.79. The van der Waals surface area contributed by atoms with Crippen LogP contribution in [-0.4, -0.2) is 28.5 Å². The van der Waals surface area contributed by atoms with Gasteiger partial charge in [-0.15, -0.1) is 0 Å². The predicted octanol–water partition coefficient (Wildman–Crippen LogP) is 2.96. The number of hydrogen-bond donors (Lipinski definition) is 1. The van der Waals surface area contributed by atoms with Gasteiger partial charge in [0.25, 0.3) is 0 Å². The molecule has 0 amide bonds. The zero-order valence-electron chi connectivity index (χ0n) is 15.8. The number of benzene rings is 2. The van der Waals surface area contributed by atoms with Crippen LogP contribution < -0.4 is 9.64 Å². The molecule has 140 valence electrons. The van der Waals surface area contributed by atoms with Crippen LogP contribution >= 0.6 is 12.2 Å². The number of nitrogens with zero attached hydrogens (tertiary/aromatic N) is 3. The molecular weight excluding hydrogens is 356 g/mol. The Kier molecular flexibility index (Phi) is 5.09. The Morgan fingerprint density at radius 3 is 2.44 bits per heavy atom. The monoisotopic (exact) mass is 381 g/mol. The molecule has 5 nitrogen and oxygen atoms in total. The van der Waals surface area contributed by atoms with Gasteiger partial charge in [-0.25, -0.2) is 0 Å². The molecule has 0 saturated heterocycles. The molecule has 2 aromatic carbocycles. The highest BCUT2D eigenvalue weighted by atomic mass is 32.1. The van der Waals surface area contributed by atoms with E-state index in [0.29, 0.717) is 5.92 Å². The van der Waals surface area contributed by atoms with Gasteiger partial charge >= 0.3 is 0 Å². The van der Waals surface area contributed by atoms with Crippen LogP contribution in [0.15, 0.2) is 54.6 Å². The van der Waals surface area contributed by atoms with E-state index >= 15 is 0 Å². The number of nitrogens with one attached hydrogen (secondary N) is 1. The van der Waals surface area contributed by atoms with Gasteiger partial charge in [0.15, 0.2) is 6.67 Å². The summed E-state index contributed by atoms with van der Waals surface area (Å²) in [6.45, 7) is 1.65. The third-order valence-corrected chi connectivity index (χ3v) is 5.30. The molecule has 0 bridgehead atoms. The van der Waals surface area contributed by atoms with Crippen LogP contribution in [0.4, 0.5) is 0 Å². The molecule has 1 N–H and O–H groups in total. The minimum Gasteiger partial charge on any atom is -0.497 e. The molecule has 4 rings (SSSR count). The van der Waals surface area contributed by atoms with E-state index in [1.165, 1.54) is 23.3 Å². The molecule has 1 fully saturated rings. The lowest BCUT2D eigenvalue weighted by Gasteiger charge is -2.14. The number of para-hydroxylation sites is 1. The smallest absolute Gasteiger partial charge is 0.207 e. The van der Waals surface area contributed by atoms with Crippen molar-refractivity contribution in [1.29, 1.82) is 0 Å². The zero-order valence-corrected chi connectivity index (χ0v) is 16.6. The summed E-state index contributed by atoms with van der Waals surface area (Å²) in [6, 6.07) is 18.6. The third kappa shape index (κ3) is 3.96. The number of rotatable bonds is 7. The van der Waals surface area contributed by atoms with Gasteiger partial charge in [0.05, 0.1) is 14.2 Å². The Balaban J connectivity index is 1.56. The summed E-state index contributed by atoms with van der Waals surface area (Å²) in [5.41, 5.74) is 2.37. The number of hydrogen-bond acceptors (Lipinski definition) is 3. The van der Waals surface area contributed by atoms with Gasteiger partial charge in [0, 0.05) is 17.2 Å². The van der Waals surface area contributed by atoms with E-state index in [-0.39, 0.29) is 0 Å². The first-order chi connectivity index (χ1) is 13.2. The van der Waals surface area contributed by atoms with Crippen LogP contribution in [0.25, 0.3) is 5.69 Å². The van der Waals surface area contributed by atoms with E-state index in [0.717, 1.165) is 35.2 Å². The molecule has 0 aliphatic heterocycles. The van der Waals surface area contributed by atoms with Crippen LogP contribution in [0.1, 0.15) is 30.1 Å². The first-order valence-corrected chi connectivity index (χ1v) is 9.76. The van der Waals surface area contributed by atoms with Crippen molar-refractivity contribution in [3.8, 4) is 11.4 Å². The lowest BCUT2D eigenvalue weighted by atomic mass is 10.2. The summed E-state index contributed by atoms with van der Waals surface area (Å²) in [5.74, 6) is 2.52. The van der Waals surface area contributed by atoms with Crippen LogP contribution in [0.2, 0.25) is 0 Å². The molecule has 1 saturated carbocycles. The highest BCUT2D eigenvalue weighted by Gasteiger charge is 2.31. The first-order valence-electron chi connectivity index (χ1n) is 9.35. The largest absolute Gasteiger partial charge is 0.497 e. The molecule has 1 aliphatic carbocycles. The summed E-state index contributed by atoms with van der Waals surface area (Å²) < 4.78 is 10.1. The van der Waals surface area contributed by atoms with Crippen molar-refractivity contribution in [3.05, 3.63) is 70.8 Å². The second kappa shape index (κ2) is 7.66. The molecule has 1 aromatic heterocycles. The Morgan fingerprint density at radius 2 is 1.81 bits per heavy atom. The lowest BCUT2D eigenvalue weighted by Crippen LogP contribution is -3.07. The summed E-state index contributed by atoms with van der Waals surface area (Å²) in [7, 11) is 3.86. The van der Waals surface area contributed by atoms with Gasteiger partial charge in [0.1, 0.15) is 18.1 Å². The van der Waals surface area contributed by atoms with Crippen LogP contribution in [0.5, 0.6) is 5.75 Å². The predicted molar refractivity (Wildman–Crippen MR) is 108 cm³/mol. The van der Waals surface area contributed by atoms with E-state index < -0.39 is 0 Å². The molecule has 27 heavy (non-hydrogen) atoms. The van der Waals surface area contributed by atoms with Crippen LogP contribution in [0, 0.1) is 4.77 Å². The SMILES string of the molecule is COc1ccc(C[NH+](C)Cn2nc(C3CC3)n(-c3ccccc3)c2=S)cc1. The quantitative estimate of drug-likeness (QED) is 0.639. The summed E-state index contributed by atoms with van der Waals surface area (Å²) >= 11 is 5.79. The highest BCUT2D eigenvalue weighted by molar-refractivity contribution is 7.71. The topological polar surface area (TPSA) is 36.4 Å². The Morgan fingerprint density at radius 1 is 1.11 bits per heavy atom. The lowest BCUT2D eigenvalue weighted by molar-refractivity contribution is -0.917. The second-order valence-electron chi connectivity index (χ2n) is 7.23. The maximum absolute atomic E-state index is 5.79. The average molecular weight is 382 g/mol. The van der Waals surface area contributed by atoms with Crippen molar-refractivity contribution < 1.29 is 9.64 Å². The van der Waals surface area contributed by atoms with Gasteiger partial charge in [-0.05, 0) is 61.5 Å². The van der Waals surface area contributed by atoms with Crippen LogP contribution in [0.3, 0.4) is 0 Å². The minimum absolute atomic E-state index is 0.537. The molecule has 1 aliphatic rings. The van der Waals surface area contributed by atoms with Crippen molar-refractivity contribution in [2.45, 2.75) is 32.0 Å². The Labute approximate surface area is 164 Å². The van der Waals surface area contributed by atoms with E-state index in [4.69, 9.17) is 22.1 Å². The van der Waals surface area contributed by atoms with E-state index in [1.54, 1.807) is 7.11 Å². The summed E-state index contributed by atoms with van der Waals surface area (Å²) in [6.07, 6.45) is 2.40. The molecule has 6 heteroatoms. The van der Waals surface area contributed by atoms with Crippen molar-refractivity contribution in [2.24, 2.45) is 0 Å². The van der Waals surface area contributed by atoms with Gasteiger partial charge in [-0.2, -0.15) is 9.78 Å². The first kappa shape index (κ1) is 17.9. The molecule has 1 unspecified atom stereocenters. The van der Waals surface area contributed by atoms with Gasteiger partial charge < -0.3 is 9.64 Å². The molecule has 1 heterocycles. The zero-order chi connectivity index (χ0) is 18.8. The summed E-state index contributed by atoms with van der Waals surface area (Å²) in [4.78, 5) is 1.33. The maximum Gasteiger partial charge on any atom is 0.207 e. The fourth-order valence-corrected chi connectivity index (χ4v) is 3.66. The molecule has 3 aromatic rings. The number of methoxy groups -OCH3 is 1. The van der Waals surface area contributed by atoms with Crippen molar-refractivity contribution in [3.63, 3.8) is 0 Å². The fraction of sp³-hybridized carbons (Fsp3) is 0.333. The van der Waals surface area contributed by atoms with Crippen molar-refractivity contribution >= 4 is 12.2 Å². The molecular formula is C21H25N4OS+. The molecule has 1 atom stereocenters. The van der Waals surface area contributed by atoms with E-state index in [2.05, 4.69) is 35.9 Å². The number of quaternary nitrogens is 1.